The van der Waals surface area contributed by atoms with Crippen molar-refractivity contribution in [2.24, 2.45) is 0 Å². The molecule has 0 spiro atoms. The predicted molar refractivity (Wildman–Crippen MR) is 112 cm³/mol. The maximum Gasteiger partial charge on any atom is 0.236 e. The van der Waals surface area contributed by atoms with Crippen LogP contribution in [-0.2, 0) is 4.79 Å². The molecule has 0 aliphatic carbocycles. The van der Waals surface area contributed by atoms with Gasteiger partial charge in [-0.25, -0.2) is 4.98 Å². The van der Waals surface area contributed by atoms with Crippen LogP contribution in [0.4, 0.5) is 5.13 Å². The third kappa shape index (κ3) is 4.69. The zero-order valence-electron chi connectivity index (χ0n) is 15.5. The minimum atomic E-state index is -0.111. The highest BCUT2D eigenvalue weighted by atomic mass is 35.5. The maximum absolute atomic E-state index is 12.3. The molecule has 27 heavy (non-hydrogen) atoms. The number of aromatic nitrogens is 4. The van der Waals surface area contributed by atoms with Gasteiger partial charge in [-0.2, -0.15) is 0 Å². The molecule has 2 aromatic heterocycles. The van der Waals surface area contributed by atoms with Gasteiger partial charge in [-0.1, -0.05) is 23.4 Å². The third-order valence-electron chi connectivity index (χ3n) is 3.89. The highest BCUT2D eigenvalue weighted by Gasteiger charge is 2.18. The molecule has 6 nitrogen and oxygen atoms in total. The number of nitrogens with one attached hydrogen (secondary N) is 1. The first-order valence-corrected chi connectivity index (χ1v) is 10.6. The summed E-state index contributed by atoms with van der Waals surface area (Å²) >= 11 is 8.81. The van der Waals surface area contributed by atoms with Crippen molar-refractivity contribution in [2.45, 2.75) is 38.9 Å². The van der Waals surface area contributed by atoms with Crippen LogP contribution in [-0.4, -0.2) is 31.4 Å². The summed E-state index contributed by atoms with van der Waals surface area (Å²) in [4.78, 5) is 17.7. The monoisotopic (exact) mass is 421 g/mol. The summed E-state index contributed by atoms with van der Waals surface area (Å²) in [6.07, 6.45) is 0. The molecule has 0 saturated carbocycles. The maximum atomic E-state index is 12.3. The Morgan fingerprint density at radius 1 is 1.26 bits per heavy atom. The minimum Gasteiger partial charge on any atom is -0.301 e. The van der Waals surface area contributed by atoms with E-state index in [1.54, 1.807) is 0 Å². The molecule has 1 N–H and O–H groups in total. The number of halogens is 1. The van der Waals surface area contributed by atoms with E-state index in [0.717, 1.165) is 22.0 Å². The van der Waals surface area contributed by atoms with Gasteiger partial charge in [-0.15, -0.1) is 21.5 Å². The molecule has 3 aromatic rings. The first kappa shape index (κ1) is 19.9. The van der Waals surface area contributed by atoms with E-state index in [0.29, 0.717) is 15.3 Å². The lowest BCUT2D eigenvalue weighted by atomic mass is 10.2. The van der Waals surface area contributed by atoms with Crippen molar-refractivity contribution in [3.8, 4) is 11.4 Å². The number of thioether (sulfide) groups is 1. The predicted octanol–water partition coefficient (Wildman–Crippen LogP) is 4.98. The summed E-state index contributed by atoms with van der Waals surface area (Å²) in [6.45, 7) is 8.04. The van der Waals surface area contributed by atoms with Crippen LogP contribution >= 0.6 is 34.7 Å². The molecule has 0 fully saturated rings. The summed E-state index contributed by atoms with van der Waals surface area (Å²) in [7, 11) is 0. The van der Waals surface area contributed by atoms with Crippen LogP contribution in [0.15, 0.2) is 29.4 Å². The summed E-state index contributed by atoms with van der Waals surface area (Å²) in [6, 6.07) is 7.64. The van der Waals surface area contributed by atoms with E-state index >= 15 is 0 Å². The van der Waals surface area contributed by atoms with Gasteiger partial charge < -0.3 is 5.32 Å². The molecule has 1 amide bonds. The average Bonchev–Trinajstić information content (AvgIpc) is 3.17. The van der Waals surface area contributed by atoms with Crippen molar-refractivity contribution in [1.82, 2.24) is 19.7 Å². The molecule has 1 aromatic carbocycles. The van der Waals surface area contributed by atoms with Crippen LogP contribution in [0.25, 0.3) is 11.4 Å². The Morgan fingerprint density at radius 3 is 2.56 bits per heavy atom. The molecule has 142 valence electrons. The number of anilines is 1. The number of carbonyl (C=O) groups excluding carboxylic acids is 1. The molecule has 3 rings (SSSR count). The molecule has 9 heteroatoms. The summed E-state index contributed by atoms with van der Waals surface area (Å²) in [5.41, 5.74) is 1.88. The number of rotatable bonds is 6. The van der Waals surface area contributed by atoms with Crippen LogP contribution in [0.3, 0.4) is 0 Å². The average molecular weight is 422 g/mol. The van der Waals surface area contributed by atoms with E-state index < -0.39 is 0 Å². The Balaban J connectivity index is 1.73. The van der Waals surface area contributed by atoms with Gasteiger partial charge in [0.2, 0.25) is 5.91 Å². The summed E-state index contributed by atoms with van der Waals surface area (Å²) in [5, 5.41) is 13.5. The van der Waals surface area contributed by atoms with E-state index in [4.69, 9.17) is 11.6 Å². The second kappa shape index (κ2) is 8.41. The normalized spacial score (nSPS) is 11.2. The Bertz CT molecular complexity index is 930. The first-order valence-electron chi connectivity index (χ1n) is 8.42. The number of thiazole rings is 1. The Labute approximate surface area is 171 Å². The van der Waals surface area contributed by atoms with E-state index in [1.807, 2.05) is 42.7 Å². The van der Waals surface area contributed by atoms with E-state index in [-0.39, 0.29) is 17.7 Å². The van der Waals surface area contributed by atoms with Crippen molar-refractivity contribution < 1.29 is 4.79 Å². The molecule has 0 aliphatic rings. The second-order valence-corrected chi connectivity index (χ2v) is 8.86. The SMILES string of the molecule is Cc1nc(NC(=O)CSc2nnc(-c3ccc(Cl)cc3)n2C(C)C)sc1C. The number of aryl methyl sites for hydroxylation is 2. The van der Waals surface area contributed by atoms with Gasteiger partial charge in [0, 0.05) is 21.5 Å². The Kier molecular flexibility index (Phi) is 6.18. The van der Waals surface area contributed by atoms with Crippen LogP contribution in [0.2, 0.25) is 5.02 Å². The number of benzene rings is 1. The first-order chi connectivity index (χ1) is 12.8. The van der Waals surface area contributed by atoms with Crippen LogP contribution in [0, 0.1) is 13.8 Å². The van der Waals surface area contributed by atoms with Crippen LogP contribution < -0.4 is 5.32 Å². The number of nitrogens with zero attached hydrogens (tertiary/aromatic N) is 4. The number of hydrogen-bond acceptors (Lipinski definition) is 6. The third-order valence-corrected chi connectivity index (χ3v) is 6.07. The van der Waals surface area contributed by atoms with Crippen LogP contribution in [0.5, 0.6) is 0 Å². The zero-order chi connectivity index (χ0) is 19.6. The second-order valence-electron chi connectivity index (χ2n) is 6.27. The summed E-state index contributed by atoms with van der Waals surface area (Å²) < 4.78 is 2.03. The lowest BCUT2D eigenvalue weighted by Gasteiger charge is -2.13. The fourth-order valence-electron chi connectivity index (χ4n) is 2.45. The highest BCUT2D eigenvalue weighted by molar-refractivity contribution is 7.99. The highest BCUT2D eigenvalue weighted by Crippen LogP contribution is 2.28. The van der Waals surface area contributed by atoms with E-state index in [2.05, 4.69) is 34.3 Å². The smallest absolute Gasteiger partial charge is 0.236 e. The van der Waals surface area contributed by atoms with Crippen molar-refractivity contribution in [3.05, 3.63) is 39.9 Å². The number of amides is 1. The molecular formula is C18H20ClN5OS2. The number of hydrogen-bond donors (Lipinski definition) is 1. The number of carbonyl (C=O) groups is 1. The molecule has 0 bridgehead atoms. The molecule has 0 unspecified atom stereocenters. The van der Waals surface area contributed by atoms with Crippen molar-refractivity contribution in [2.75, 3.05) is 11.1 Å². The molecule has 0 saturated heterocycles. The molecule has 0 atom stereocenters. The van der Waals surface area contributed by atoms with E-state index in [9.17, 15) is 4.79 Å². The molecule has 2 heterocycles. The molecule has 0 aliphatic heterocycles. The van der Waals surface area contributed by atoms with Gasteiger partial charge in [0.05, 0.1) is 11.4 Å². The van der Waals surface area contributed by atoms with Crippen molar-refractivity contribution in [3.63, 3.8) is 0 Å². The fourth-order valence-corrected chi connectivity index (χ4v) is 4.27. The quantitative estimate of drug-likeness (QED) is 0.568. The van der Waals surface area contributed by atoms with Gasteiger partial charge in [0.25, 0.3) is 0 Å². The van der Waals surface area contributed by atoms with Gasteiger partial charge >= 0.3 is 0 Å². The lowest BCUT2D eigenvalue weighted by Crippen LogP contribution is -2.15. The zero-order valence-corrected chi connectivity index (χ0v) is 17.9. The Morgan fingerprint density at radius 2 is 1.96 bits per heavy atom. The van der Waals surface area contributed by atoms with Crippen LogP contribution in [0.1, 0.15) is 30.5 Å². The van der Waals surface area contributed by atoms with Gasteiger partial charge in [-0.05, 0) is 52.0 Å². The van der Waals surface area contributed by atoms with E-state index in [1.165, 1.54) is 23.1 Å². The Hall–Kier alpha value is -1.90. The fraction of sp³-hybridized carbons (Fsp3) is 0.333. The molecular weight excluding hydrogens is 402 g/mol. The van der Waals surface area contributed by atoms with Crippen molar-refractivity contribution >= 4 is 45.7 Å². The largest absolute Gasteiger partial charge is 0.301 e. The lowest BCUT2D eigenvalue weighted by molar-refractivity contribution is -0.113. The topological polar surface area (TPSA) is 72.7 Å². The van der Waals surface area contributed by atoms with Gasteiger partial charge in [-0.3, -0.25) is 9.36 Å². The van der Waals surface area contributed by atoms with Gasteiger partial charge in [0.1, 0.15) is 0 Å². The minimum absolute atomic E-state index is 0.111. The van der Waals surface area contributed by atoms with Crippen molar-refractivity contribution in [1.29, 1.82) is 0 Å². The standard InChI is InChI=1S/C18H20ClN5OS2/c1-10(2)24-16(13-5-7-14(19)8-6-13)22-23-18(24)26-9-15(25)21-17-20-11(3)12(4)27-17/h5-8,10H,9H2,1-4H3,(H,20,21,25). The molecule has 0 radical (unpaired) electrons. The van der Waals surface area contributed by atoms with Gasteiger partial charge in [0.15, 0.2) is 16.1 Å². The summed E-state index contributed by atoms with van der Waals surface area (Å²) in [5.74, 6) is 0.888.